The van der Waals surface area contributed by atoms with Crippen LogP contribution in [0.1, 0.15) is 26.7 Å². The maximum atomic E-state index is 11.3. The molecule has 0 bridgehead atoms. The third-order valence-electron chi connectivity index (χ3n) is 3.69. The first-order valence-corrected chi connectivity index (χ1v) is 6.79. The van der Waals surface area contributed by atoms with Crippen LogP contribution in [0.25, 0.3) is 0 Å². The molecular formula is C11H20N4OS. The lowest BCUT2D eigenvalue weighted by molar-refractivity contribution is 0.300. The van der Waals surface area contributed by atoms with E-state index >= 15 is 0 Å². The lowest BCUT2D eigenvalue weighted by Gasteiger charge is -2.29. The van der Waals surface area contributed by atoms with Crippen LogP contribution < -0.4 is 11.0 Å². The predicted octanol–water partition coefficient (Wildman–Crippen LogP) is 0.977. The van der Waals surface area contributed by atoms with Crippen molar-refractivity contribution in [3.63, 3.8) is 0 Å². The topological polar surface area (TPSA) is 62.7 Å². The highest BCUT2D eigenvalue weighted by Gasteiger charge is 2.41. The van der Waals surface area contributed by atoms with E-state index in [4.69, 9.17) is 0 Å². The smallest absolute Gasteiger partial charge is 0.315 e. The van der Waals surface area contributed by atoms with E-state index in [9.17, 15) is 4.79 Å². The Balaban J connectivity index is 2.15. The van der Waals surface area contributed by atoms with Gasteiger partial charge in [-0.3, -0.25) is 4.57 Å². The van der Waals surface area contributed by atoms with Crippen LogP contribution in [0.15, 0.2) is 9.95 Å². The number of nitrogens with zero attached hydrogens (tertiary/aromatic N) is 2. The Morgan fingerprint density at radius 2 is 2.29 bits per heavy atom. The zero-order valence-electron chi connectivity index (χ0n) is 10.8. The van der Waals surface area contributed by atoms with E-state index in [0.29, 0.717) is 16.7 Å². The third kappa shape index (κ3) is 2.28. The molecule has 0 spiro atoms. The number of hydrogen-bond acceptors (Lipinski definition) is 4. The van der Waals surface area contributed by atoms with Gasteiger partial charge in [0.25, 0.3) is 0 Å². The van der Waals surface area contributed by atoms with Gasteiger partial charge in [-0.05, 0) is 25.3 Å². The summed E-state index contributed by atoms with van der Waals surface area (Å²) < 4.78 is 1.57. The molecule has 1 heterocycles. The van der Waals surface area contributed by atoms with Crippen LogP contribution in [0.2, 0.25) is 0 Å². The van der Waals surface area contributed by atoms with E-state index in [1.165, 1.54) is 6.42 Å². The van der Waals surface area contributed by atoms with E-state index in [-0.39, 0.29) is 5.69 Å². The van der Waals surface area contributed by atoms with Gasteiger partial charge in [0.15, 0.2) is 5.16 Å². The monoisotopic (exact) mass is 256 g/mol. The number of aromatic nitrogens is 3. The lowest BCUT2D eigenvalue weighted by atomic mass is 9.87. The minimum absolute atomic E-state index is 0.147. The molecule has 6 heteroatoms. The van der Waals surface area contributed by atoms with Gasteiger partial charge in [-0.1, -0.05) is 25.6 Å². The molecule has 2 unspecified atom stereocenters. The van der Waals surface area contributed by atoms with Gasteiger partial charge in [-0.15, -0.1) is 5.10 Å². The molecule has 0 saturated heterocycles. The highest BCUT2D eigenvalue weighted by atomic mass is 32.2. The number of thioether (sulfide) groups is 1. The highest BCUT2D eigenvalue weighted by molar-refractivity contribution is 7.99. The number of rotatable bonds is 3. The fourth-order valence-corrected chi connectivity index (χ4v) is 4.10. The van der Waals surface area contributed by atoms with Crippen LogP contribution >= 0.6 is 11.8 Å². The molecule has 0 aromatic carbocycles. The van der Waals surface area contributed by atoms with Crippen LogP contribution in [0.5, 0.6) is 0 Å². The van der Waals surface area contributed by atoms with Crippen molar-refractivity contribution in [3.8, 4) is 0 Å². The maximum Gasteiger partial charge on any atom is 0.343 e. The molecule has 1 aliphatic carbocycles. The molecule has 2 rings (SSSR count). The standard InChI is InChI=1S/C11H20N4OS/c1-11(2)6-5-7(8(11)12-3)17-10-14-13-9(16)15(10)4/h7-8,12H,5-6H2,1-4H3,(H,13,16). The minimum Gasteiger partial charge on any atom is -0.315 e. The number of hydrogen-bond donors (Lipinski definition) is 2. The summed E-state index contributed by atoms with van der Waals surface area (Å²) in [5.41, 5.74) is 0.160. The molecule has 0 amide bonds. The summed E-state index contributed by atoms with van der Waals surface area (Å²) in [6.07, 6.45) is 2.36. The van der Waals surface area contributed by atoms with Gasteiger partial charge >= 0.3 is 5.69 Å². The fraction of sp³-hybridized carbons (Fsp3) is 0.818. The van der Waals surface area contributed by atoms with Crippen LogP contribution in [-0.4, -0.2) is 33.1 Å². The quantitative estimate of drug-likeness (QED) is 0.846. The SMILES string of the molecule is CNC1C(Sc2n[nH]c(=O)n2C)CCC1(C)C. The zero-order chi connectivity index (χ0) is 12.6. The van der Waals surface area contributed by atoms with Gasteiger partial charge in [0, 0.05) is 18.3 Å². The van der Waals surface area contributed by atoms with Crippen molar-refractivity contribution in [3.05, 3.63) is 10.5 Å². The number of nitrogens with one attached hydrogen (secondary N) is 2. The molecule has 96 valence electrons. The van der Waals surface area contributed by atoms with Crippen molar-refractivity contribution < 1.29 is 0 Å². The van der Waals surface area contributed by atoms with Gasteiger partial charge in [-0.2, -0.15) is 0 Å². The van der Waals surface area contributed by atoms with E-state index in [2.05, 4.69) is 29.4 Å². The van der Waals surface area contributed by atoms with E-state index in [1.54, 1.807) is 23.4 Å². The molecule has 1 aromatic rings. The van der Waals surface area contributed by atoms with Crippen molar-refractivity contribution in [2.45, 2.75) is 43.1 Å². The molecule has 5 nitrogen and oxygen atoms in total. The molecule has 17 heavy (non-hydrogen) atoms. The summed E-state index contributed by atoms with van der Waals surface area (Å²) >= 11 is 1.69. The summed E-state index contributed by atoms with van der Waals surface area (Å²) in [4.78, 5) is 11.3. The summed E-state index contributed by atoms with van der Waals surface area (Å²) in [6, 6.07) is 0.458. The third-order valence-corrected chi connectivity index (χ3v) is 5.08. The van der Waals surface area contributed by atoms with Gasteiger partial charge in [0.1, 0.15) is 0 Å². The van der Waals surface area contributed by atoms with Crippen LogP contribution in [-0.2, 0) is 7.05 Å². The predicted molar refractivity (Wildman–Crippen MR) is 69.3 cm³/mol. The fourth-order valence-electron chi connectivity index (χ4n) is 2.62. The molecule has 2 atom stereocenters. The molecule has 1 aliphatic rings. The molecule has 0 aliphatic heterocycles. The Labute approximate surface area is 105 Å². The average molecular weight is 256 g/mol. The normalized spacial score (nSPS) is 27.5. The molecular weight excluding hydrogens is 236 g/mol. The Hall–Kier alpha value is -0.750. The number of H-pyrrole nitrogens is 1. The molecule has 1 aromatic heterocycles. The van der Waals surface area contributed by atoms with Gasteiger partial charge in [-0.25, -0.2) is 9.89 Å². The summed E-state index contributed by atoms with van der Waals surface area (Å²) in [5.74, 6) is 0. The number of aromatic amines is 1. The second-order valence-corrected chi connectivity index (χ2v) is 6.53. The summed E-state index contributed by atoms with van der Waals surface area (Å²) in [7, 11) is 3.76. The van der Waals surface area contributed by atoms with Crippen molar-refractivity contribution in [2.75, 3.05) is 7.05 Å². The van der Waals surface area contributed by atoms with E-state index in [0.717, 1.165) is 11.6 Å². The Bertz CT molecular complexity index is 451. The zero-order valence-corrected chi connectivity index (χ0v) is 11.6. The largest absolute Gasteiger partial charge is 0.343 e. The maximum absolute atomic E-state index is 11.3. The van der Waals surface area contributed by atoms with Crippen molar-refractivity contribution in [1.82, 2.24) is 20.1 Å². The average Bonchev–Trinajstić information content (AvgIpc) is 2.73. The Morgan fingerprint density at radius 1 is 1.59 bits per heavy atom. The van der Waals surface area contributed by atoms with Crippen LogP contribution in [0, 0.1) is 5.41 Å². The first kappa shape index (κ1) is 12.7. The van der Waals surface area contributed by atoms with Crippen molar-refractivity contribution in [1.29, 1.82) is 0 Å². The second-order valence-electron chi connectivity index (χ2n) is 5.32. The van der Waals surface area contributed by atoms with Gasteiger partial charge in [0.05, 0.1) is 0 Å². The first-order chi connectivity index (χ1) is 7.95. The molecule has 1 fully saturated rings. The van der Waals surface area contributed by atoms with Crippen LogP contribution in [0.3, 0.4) is 0 Å². The second kappa shape index (κ2) is 4.49. The summed E-state index contributed by atoms with van der Waals surface area (Å²) in [6.45, 7) is 4.58. The molecule has 2 N–H and O–H groups in total. The van der Waals surface area contributed by atoms with Crippen molar-refractivity contribution >= 4 is 11.8 Å². The molecule has 0 radical (unpaired) electrons. The van der Waals surface area contributed by atoms with Gasteiger partial charge < -0.3 is 5.32 Å². The van der Waals surface area contributed by atoms with Crippen LogP contribution in [0.4, 0.5) is 0 Å². The first-order valence-electron chi connectivity index (χ1n) is 5.91. The van der Waals surface area contributed by atoms with Gasteiger partial charge in [0.2, 0.25) is 0 Å². The summed E-state index contributed by atoms with van der Waals surface area (Å²) in [5, 5.41) is 11.2. The minimum atomic E-state index is -0.147. The van der Waals surface area contributed by atoms with E-state index in [1.807, 2.05) is 7.05 Å². The Morgan fingerprint density at radius 3 is 2.82 bits per heavy atom. The Kier molecular flexibility index (Phi) is 3.36. The highest BCUT2D eigenvalue weighted by Crippen LogP contribution is 2.44. The van der Waals surface area contributed by atoms with E-state index < -0.39 is 0 Å². The lowest BCUT2D eigenvalue weighted by Crippen LogP contribution is -2.41. The molecule has 1 saturated carbocycles. The van der Waals surface area contributed by atoms with Crippen molar-refractivity contribution in [2.24, 2.45) is 12.5 Å².